The molecule has 0 aliphatic carbocycles. The summed E-state index contributed by atoms with van der Waals surface area (Å²) >= 11 is 0. The van der Waals surface area contributed by atoms with Crippen LogP contribution in [0.3, 0.4) is 0 Å². The maximum absolute atomic E-state index is 11.7. The van der Waals surface area contributed by atoms with Crippen LogP contribution in [0.1, 0.15) is 11.4 Å². The Morgan fingerprint density at radius 2 is 2.05 bits per heavy atom. The minimum Gasteiger partial charge on any atom is -0.464 e. The van der Waals surface area contributed by atoms with Crippen molar-refractivity contribution in [1.29, 1.82) is 0 Å². The Morgan fingerprint density at radius 3 is 2.70 bits per heavy atom. The Balaban J connectivity index is 2.32. The summed E-state index contributed by atoms with van der Waals surface area (Å²) in [5, 5.41) is 3.70. The molecule has 0 unspecified atom stereocenters. The summed E-state index contributed by atoms with van der Waals surface area (Å²) < 4.78 is 6.50. The number of hydrogen-bond donors (Lipinski definition) is 0. The SMILES string of the molecule is CON=C(C(=O)OC)c1nccn1Cc1ccccc1. The zero-order valence-corrected chi connectivity index (χ0v) is 11.3. The third-order valence-electron chi connectivity index (χ3n) is 2.68. The second kappa shape index (κ2) is 6.51. The number of rotatable bonds is 5. The van der Waals surface area contributed by atoms with Gasteiger partial charge in [-0.2, -0.15) is 0 Å². The first kappa shape index (κ1) is 13.8. The van der Waals surface area contributed by atoms with Crippen LogP contribution in [0.2, 0.25) is 0 Å². The number of hydrogen-bond acceptors (Lipinski definition) is 5. The van der Waals surface area contributed by atoms with Crippen molar-refractivity contribution < 1.29 is 14.4 Å². The van der Waals surface area contributed by atoms with E-state index in [1.54, 1.807) is 12.4 Å². The van der Waals surface area contributed by atoms with Crippen LogP contribution in [0.15, 0.2) is 47.9 Å². The van der Waals surface area contributed by atoms with Gasteiger partial charge in [0, 0.05) is 18.9 Å². The molecule has 0 saturated carbocycles. The molecule has 0 fully saturated rings. The molecule has 2 rings (SSSR count). The number of aromatic nitrogens is 2. The first-order chi connectivity index (χ1) is 9.76. The molecule has 0 aliphatic heterocycles. The zero-order valence-electron chi connectivity index (χ0n) is 11.3. The van der Waals surface area contributed by atoms with Crippen LogP contribution in [0, 0.1) is 0 Å². The monoisotopic (exact) mass is 273 g/mol. The molecular weight excluding hydrogens is 258 g/mol. The molecule has 2 aromatic rings. The van der Waals surface area contributed by atoms with Crippen LogP contribution in [0.4, 0.5) is 0 Å². The molecule has 1 aromatic carbocycles. The maximum atomic E-state index is 11.7. The van der Waals surface area contributed by atoms with E-state index < -0.39 is 5.97 Å². The highest BCUT2D eigenvalue weighted by molar-refractivity contribution is 6.42. The van der Waals surface area contributed by atoms with Crippen molar-refractivity contribution in [2.75, 3.05) is 14.2 Å². The third-order valence-corrected chi connectivity index (χ3v) is 2.68. The fourth-order valence-electron chi connectivity index (χ4n) is 1.79. The number of ether oxygens (including phenoxy) is 1. The quantitative estimate of drug-likeness (QED) is 0.470. The Hall–Kier alpha value is -2.63. The number of nitrogens with zero attached hydrogens (tertiary/aromatic N) is 3. The second-order valence-electron chi connectivity index (χ2n) is 3.98. The Bertz CT molecular complexity index is 605. The number of carbonyl (C=O) groups excluding carboxylic acids is 1. The molecule has 0 atom stereocenters. The van der Waals surface area contributed by atoms with Gasteiger partial charge in [0.1, 0.15) is 7.11 Å². The molecule has 0 saturated heterocycles. The first-order valence-corrected chi connectivity index (χ1v) is 6.01. The van der Waals surface area contributed by atoms with Gasteiger partial charge in [-0.3, -0.25) is 0 Å². The van der Waals surface area contributed by atoms with Crippen molar-refractivity contribution in [2.24, 2.45) is 5.16 Å². The number of carbonyl (C=O) groups is 1. The van der Waals surface area contributed by atoms with Gasteiger partial charge in [-0.1, -0.05) is 35.5 Å². The van der Waals surface area contributed by atoms with Crippen molar-refractivity contribution in [3.05, 3.63) is 54.1 Å². The van der Waals surface area contributed by atoms with E-state index in [4.69, 9.17) is 4.74 Å². The van der Waals surface area contributed by atoms with Crippen LogP contribution < -0.4 is 0 Å². The summed E-state index contributed by atoms with van der Waals surface area (Å²) in [6, 6.07) is 9.85. The van der Waals surface area contributed by atoms with E-state index in [2.05, 4.69) is 15.0 Å². The van der Waals surface area contributed by atoms with Gasteiger partial charge in [0.2, 0.25) is 5.71 Å². The van der Waals surface area contributed by atoms with Gasteiger partial charge >= 0.3 is 5.97 Å². The van der Waals surface area contributed by atoms with E-state index in [1.807, 2.05) is 34.9 Å². The molecule has 0 amide bonds. The van der Waals surface area contributed by atoms with Crippen LogP contribution in [-0.4, -0.2) is 35.5 Å². The average molecular weight is 273 g/mol. The van der Waals surface area contributed by atoms with E-state index in [9.17, 15) is 4.79 Å². The number of oxime groups is 1. The second-order valence-corrected chi connectivity index (χ2v) is 3.98. The zero-order chi connectivity index (χ0) is 14.4. The highest BCUT2D eigenvalue weighted by Crippen LogP contribution is 2.07. The maximum Gasteiger partial charge on any atom is 0.364 e. The molecule has 104 valence electrons. The van der Waals surface area contributed by atoms with Crippen molar-refractivity contribution in [3.8, 4) is 0 Å². The molecule has 1 heterocycles. The van der Waals surface area contributed by atoms with E-state index in [-0.39, 0.29) is 5.71 Å². The molecule has 0 aliphatic rings. The van der Waals surface area contributed by atoms with E-state index in [1.165, 1.54) is 14.2 Å². The molecule has 6 nitrogen and oxygen atoms in total. The molecule has 20 heavy (non-hydrogen) atoms. The summed E-state index contributed by atoms with van der Waals surface area (Å²) in [5.41, 5.74) is 1.13. The highest BCUT2D eigenvalue weighted by atomic mass is 16.6. The highest BCUT2D eigenvalue weighted by Gasteiger charge is 2.21. The van der Waals surface area contributed by atoms with E-state index in [0.29, 0.717) is 12.4 Å². The van der Waals surface area contributed by atoms with Crippen molar-refractivity contribution in [2.45, 2.75) is 6.54 Å². The Kier molecular flexibility index (Phi) is 4.49. The van der Waals surface area contributed by atoms with Crippen LogP contribution in [0.25, 0.3) is 0 Å². The standard InChI is InChI=1S/C14H15N3O3/c1-19-14(18)12(16-20-2)13-15-8-9-17(13)10-11-6-4-3-5-7-11/h3-9H,10H2,1-2H3. The molecule has 1 aromatic heterocycles. The van der Waals surface area contributed by atoms with Crippen molar-refractivity contribution in [3.63, 3.8) is 0 Å². The van der Waals surface area contributed by atoms with Gasteiger partial charge in [-0.05, 0) is 5.56 Å². The van der Waals surface area contributed by atoms with Crippen LogP contribution >= 0.6 is 0 Å². The van der Waals surface area contributed by atoms with Gasteiger partial charge in [0.15, 0.2) is 5.82 Å². The fourth-order valence-corrected chi connectivity index (χ4v) is 1.79. The minimum absolute atomic E-state index is 0.0379. The largest absolute Gasteiger partial charge is 0.464 e. The topological polar surface area (TPSA) is 65.7 Å². The summed E-state index contributed by atoms with van der Waals surface area (Å²) in [7, 11) is 2.66. The lowest BCUT2D eigenvalue weighted by molar-refractivity contribution is -0.132. The molecule has 0 radical (unpaired) electrons. The van der Waals surface area contributed by atoms with Gasteiger partial charge in [0.05, 0.1) is 7.11 Å². The van der Waals surface area contributed by atoms with Crippen molar-refractivity contribution in [1.82, 2.24) is 9.55 Å². The van der Waals surface area contributed by atoms with E-state index in [0.717, 1.165) is 5.56 Å². The summed E-state index contributed by atoms with van der Waals surface area (Å²) in [6.07, 6.45) is 3.38. The minimum atomic E-state index is -0.590. The average Bonchev–Trinajstić information content (AvgIpc) is 2.93. The predicted molar refractivity (Wildman–Crippen MR) is 73.3 cm³/mol. The molecule has 6 heteroatoms. The predicted octanol–water partition coefficient (Wildman–Crippen LogP) is 1.45. The first-order valence-electron chi connectivity index (χ1n) is 6.01. The number of imidazole rings is 1. The summed E-state index contributed by atoms with van der Waals surface area (Å²) in [6.45, 7) is 0.579. The Morgan fingerprint density at radius 1 is 1.30 bits per heavy atom. The molecule has 0 bridgehead atoms. The van der Waals surface area contributed by atoms with Crippen molar-refractivity contribution >= 4 is 11.7 Å². The lowest BCUT2D eigenvalue weighted by atomic mass is 10.2. The number of esters is 1. The third kappa shape index (κ3) is 3.03. The summed E-state index contributed by atoms with van der Waals surface area (Å²) in [5.74, 6) is -0.185. The fraction of sp³-hybridized carbons (Fsp3) is 0.214. The van der Waals surface area contributed by atoms with Gasteiger partial charge in [-0.25, -0.2) is 9.78 Å². The van der Waals surface area contributed by atoms with Crippen LogP contribution in [0.5, 0.6) is 0 Å². The number of benzene rings is 1. The lowest BCUT2D eigenvalue weighted by Crippen LogP contribution is -2.22. The molecular formula is C14H15N3O3. The number of methoxy groups -OCH3 is 1. The van der Waals surface area contributed by atoms with Gasteiger partial charge in [-0.15, -0.1) is 0 Å². The molecule has 0 spiro atoms. The summed E-state index contributed by atoms with van der Waals surface area (Å²) in [4.78, 5) is 20.6. The van der Waals surface area contributed by atoms with E-state index >= 15 is 0 Å². The van der Waals surface area contributed by atoms with Crippen LogP contribution in [-0.2, 0) is 20.9 Å². The van der Waals surface area contributed by atoms with Gasteiger partial charge < -0.3 is 14.1 Å². The lowest BCUT2D eigenvalue weighted by Gasteiger charge is -2.08. The Labute approximate surface area is 116 Å². The molecule has 0 N–H and O–H groups in total. The van der Waals surface area contributed by atoms with Gasteiger partial charge in [0.25, 0.3) is 0 Å². The smallest absolute Gasteiger partial charge is 0.364 e. The normalized spacial score (nSPS) is 11.2.